The van der Waals surface area contributed by atoms with Gasteiger partial charge in [-0.15, -0.1) is 11.8 Å². The summed E-state index contributed by atoms with van der Waals surface area (Å²) in [6, 6.07) is 16.0. The Morgan fingerprint density at radius 1 is 1.27 bits per heavy atom. The van der Waals surface area contributed by atoms with Gasteiger partial charge in [-0.2, -0.15) is 16.9 Å². The summed E-state index contributed by atoms with van der Waals surface area (Å²) in [5, 5.41) is 4.02. The number of hydrogen-bond acceptors (Lipinski definition) is 5. The number of aryl methyl sites for hydroxylation is 1. The monoisotopic (exact) mass is 386 g/mol. The lowest BCUT2D eigenvalue weighted by atomic mass is 10.1. The van der Waals surface area contributed by atoms with Crippen LogP contribution in [0.25, 0.3) is 0 Å². The molecule has 0 atom stereocenters. The van der Waals surface area contributed by atoms with Crippen LogP contribution in [0.1, 0.15) is 16.7 Å². The van der Waals surface area contributed by atoms with E-state index in [1.165, 1.54) is 11.1 Å². The van der Waals surface area contributed by atoms with Crippen LogP contribution in [-0.2, 0) is 10.5 Å². The summed E-state index contributed by atoms with van der Waals surface area (Å²) in [6.45, 7) is 2.09. The molecule has 1 amide bonds. The Bertz CT molecular complexity index is 759. The second-order valence-electron chi connectivity index (χ2n) is 6.06. The molecule has 0 bridgehead atoms. The lowest BCUT2D eigenvalue weighted by Crippen LogP contribution is -2.30. The van der Waals surface area contributed by atoms with Crippen LogP contribution >= 0.6 is 23.5 Å². The van der Waals surface area contributed by atoms with Crippen molar-refractivity contribution in [1.82, 2.24) is 5.43 Å². The van der Waals surface area contributed by atoms with Crippen molar-refractivity contribution in [2.75, 3.05) is 17.3 Å². The van der Waals surface area contributed by atoms with E-state index in [-0.39, 0.29) is 5.91 Å². The first-order valence-corrected chi connectivity index (χ1v) is 10.8. The average Bonchev–Trinajstić information content (AvgIpc) is 2.61. The Balaban J connectivity index is 1.37. The highest BCUT2D eigenvalue weighted by Crippen LogP contribution is 2.23. The first kappa shape index (κ1) is 18.9. The standard InChI is InChI=1S/C20H22N2O2S2/c1-15-4-2-3-5-17(15)11-25-14-20(23)22-21-10-16-6-8-18(9-7-16)24-19-12-26-13-19/h2-10,19H,11-14H2,1H3,(H,22,23)/b21-10+. The van der Waals surface area contributed by atoms with E-state index in [9.17, 15) is 4.79 Å². The molecule has 136 valence electrons. The van der Waals surface area contributed by atoms with Gasteiger partial charge in [0.1, 0.15) is 11.9 Å². The van der Waals surface area contributed by atoms with Crippen molar-refractivity contribution in [3.8, 4) is 5.75 Å². The Kier molecular flexibility index (Phi) is 7.03. The van der Waals surface area contributed by atoms with E-state index in [1.807, 2.05) is 48.2 Å². The summed E-state index contributed by atoms with van der Waals surface area (Å²) in [7, 11) is 0. The van der Waals surface area contributed by atoms with E-state index in [1.54, 1.807) is 18.0 Å². The number of nitrogens with one attached hydrogen (secondary N) is 1. The van der Waals surface area contributed by atoms with Gasteiger partial charge in [0.05, 0.1) is 12.0 Å². The van der Waals surface area contributed by atoms with Gasteiger partial charge in [0.2, 0.25) is 5.91 Å². The molecule has 1 N–H and O–H groups in total. The van der Waals surface area contributed by atoms with Crippen LogP contribution in [0, 0.1) is 6.92 Å². The second-order valence-corrected chi connectivity index (χ2v) is 8.12. The lowest BCUT2D eigenvalue weighted by molar-refractivity contribution is -0.118. The fourth-order valence-electron chi connectivity index (χ4n) is 2.34. The number of hydrazone groups is 1. The first-order chi connectivity index (χ1) is 12.7. The molecule has 1 aliphatic rings. The van der Waals surface area contributed by atoms with Crippen molar-refractivity contribution in [1.29, 1.82) is 0 Å². The molecule has 0 aliphatic carbocycles. The van der Waals surface area contributed by atoms with Gasteiger partial charge in [0.25, 0.3) is 0 Å². The molecule has 2 aromatic carbocycles. The number of amides is 1. The maximum atomic E-state index is 11.9. The van der Waals surface area contributed by atoms with Crippen molar-refractivity contribution in [2.45, 2.75) is 18.8 Å². The Morgan fingerprint density at radius 3 is 2.73 bits per heavy atom. The van der Waals surface area contributed by atoms with Crippen LogP contribution in [0.2, 0.25) is 0 Å². The number of ether oxygens (including phenoxy) is 1. The average molecular weight is 387 g/mol. The van der Waals surface area contributed by atoms with Gasteiger partial charge >= 0.3 is 0 Å². The zero-order valence-corrected chi connectivity index (χ0v) is 16.3. The third-order valence-corrected chi connectivity index (χ3v) is 6.14. The molecular weight excluding hydrogens is 364 g/mol. The highest BCUT2D eigenvalue weighted by Gasteiger charge is 2.19. The lowest BCUT2D eigenvalue weighted by Gasteiger charge is -2.25. The number of carbonyl (C=O) groups excluding carboxylic acids is 1. The van der Waals surface area contributed by atoms with Crippen LogP contribution in [0.15, 0.2) is 53.6 Å². The first-order valence-electron chi connectivity index (χ1n) is 8.49. The molecule has 2 aromatic rings. The minimum atomic E-state index is -0.0951. The summed E-state index contributed by atoms with van der Waals surface area (Å²) >= 11 is 3.48. The number of nitrogens with zero attached hydrogens (tertiary/aromatic N) is 1. The number of hydrogen-bond donors (Lipinski definition) is 1. The second kappa shape index (κ2) is 9.69. The molecule has 1 saturated heterocycles. The number of thioether (sulfide) groups is 2. The van der Waals surface area contributed by atoms with Crippen LogP contribution in [-0.4, -0.2) is 35.5 Å². The Morgan fingerprint density at radius 2 is 2.04 bits per heavy atom. The highest BCUT2D eigenvalue weighted by atomic mass is 32.2. The zero-order chi connectivity index (χ0) is 18.2. The van der Waals surface area contributed by atoms with Crippen molar-refractivity contribution in [2.24, 2.45) is 5.10 Å². The Labute approximate surface area is 162 Å². The number of carbonyl (C=O) groups is 1. The maximum absolute atomic E-state index is 11.9. The predicted molar refractivity (Wildman–Crippen MR) is 111 cm³/mol. The molecular formula is C20H22N2O2S2. The van der Waals surface area contributed by atoms with E-state index in [0.29, 0.717) is 11.9 Å². The van der Waals surface area contributed by atoms with Gasteiger partial charge in [0, 0.05) is 17.3 Å². The molecule has 26 heavy (non-hydrogen) atoms. The normalized spacial score (nSPS) is 14.2. The molecule has 0 radical (unpaired) electrons. The quantitative estimate of drug-likeness (QED) is 0.553. The molecule has 4 nitrogen and oxygen atoms in total. The predicted octanol–water partition coefficient (Wildman–Crippen LogP) is 3.87. The van der Waals surface area contributed by atoms with E-state index >= 15 is 0 Å². The molecule has 3 rings (SSSR count). The smallest absolute Gasteiger partial charge is 0.250 e. The van der Waals surface area contributed by atoms with Crippen LogP contribution in [0.4, 0.5) is 0 Å². The van der Waals surface area contributed by atoms with Gasteiger partial charge in [-0.1, -0.05) is 24.3 Å². The summed E-state index contributed by atoms with van der Waals surface area (Å²) in [6.07, 6.45) is 1.99. The van der Waals surface area contributed by atoms with Gasteiger partial charge in [0.15, 0.2) is 0 Å². The van der Waals surface area contributed by atoms with Crippen LogP contribution < -0.4 is 10.2 Å². The molecule has 1 fully saturated rings. The van der Waals surface area contributed by atoms with E-state index < -0.39 is 0 Å². The summed E-state index contributed by atoms with van der Waals surface area (Å²) < 4.78 is 5.80. The van der Waals surface area contributed by atoms with Gasteiger partial charge in [-0.05, 0) is 47.9 Å². The summed E-state index contributed by atoms with van der Waals surface area (Å²) in [5.74, 6) is 4.13. The van der Waals surface area contributed by atoms with Gasteiger partial charge in [-0.3, -0.25) is 4.79 Å². The molecule has 0 aromatic heterocycles. The van der Waals surface area contributed by atoms with Gasteiger partial charge in [-0.25, -0.2) is 5.43 Å². The number of benzene rings is 2. The van der Waals surface area contributed by atoms with Crippen molar-refractivity contribution >= 4 is 35.6 Å². The van der Waals surface area contributed by atoms with Crippen LogP contribution in [0.5, 0.6) is 5.75 Å². The molecule has 0 saturated carbocycles. The summed E-state index contributed by atoms with van der Waals surface area (Å²) in [4.78, 5) is 11.9. The molecule has 0 spiro atoms. The third-order valence-electron chi connectivity index (χ3n) is 3.95. The van der Waals surface area contributed by atoms with Gasteiger partial charge < -0.3 is 4.74 Å². The molecule has 1 heterocycles. The third kappa shape index (κ3) is 5.81. The minimum absolute atomic E-state index is 0.0951. The fourth-order valence-corrected chi connectivity index (χ4v) is 3.80. The fraction of sp³-hybridized carbons (Fsp3) is 0.300. The van der Waals surface area contributed by atoms with E-state index in [2.05, 4.69) is 29.6 Å². The van der Waals surface area contributed by atoms with E-state index in [0.717, 1.165) is 28.6 Å². The maximum Gasteiger partial charge on any atom is 0.250 e. The van der Waals surface area contributed by atoms with Crippen LogP contribution in [0.3, 0.4) is 0 Å². The van der Waals surface area contributed by atoms with Crippen molar-refractivity contribution < 1.29 is 9.53 Å². The SMILES string of the molecule is Cc1ccccc1CSCC(=O)N/N=C/c1ccc(OC2CSC2)cc1. The number of rotatable bonds is 8. The molecule has 1 aliphatic heterocycles. The van der Waals surface area contributed by atoms with Crippen molar-refractivity contribution in [3.05, 3.63) is 65.2 Å². The highest BCUT2D eigenvalue weighted by molar-refractivity contribution is 8.00. The molecule has 6 heteroatoms. The minimum Gasteiger partial charge on any atom is -0.489 e. The largest absolute Gasteiger partial charge is 0.489 e. The topological polar surface area (TPSA) is 50.7 Å². The summed E-state index contributed by atoms with van der Waals surface area (Å²) in [5.41, 5.74) is 6.01. The van der Waals surface area contributed by atoms with E-state index in [4.69, 9.17) is 4.74 Å². The molecule has 0 unspecified atom stereocenters. The Hall–Kier alpha value is -1.92. The zero-order valence-electron chi connectivity index (χ0n) is 14.7. The van der Waals surface area contributed by atoms with Crippen molar-refractivity contribution in [3.63, 3.8) is 0 Å².